The molecule has 2 aliphatic heterocycles. The van der Waals surface area contributed by atoms with Crippen molar-refractivity contribution in [1.82, 2.24) is 9.80 Å². The van der Waals surface area contributed by atoms with Crippen molar-refractivity contribution in [3.05, 3.63) is 0 Å². The molecule has 2 atom stereocenters. The summed E-state index contributed by atoms with van der Waals surface area (Å²) in [7, 11) is 2.29. The van der Waals surface area contributed by atoms with Gasteiger partial charge in [0.2, 0.25) is 0 Å². The minimum Gasteiger partial charge on any atom is -0.388 e. The SMILES string of the molecule is CN1CCCC2CN(CCCCC(=N)N)CCC21. The van der Waals surface area contributed by atoms with Gasteiger partial charge in [0.15, 0.2) is 0 Å². The van der Waals surface area contributed by atoms with Crippen molar-refractivity contribution in [2.45, 2.75) is 44.6 Å². The van der Waals surface area contributed by atoms with Crippen LogP contribution < -0.4 is 5.73 Å². The molecule has 2 rings (SSSR count). The van der Waals surface area contributed by atoms with Crippen LogP contribution in [0.1, 0.15) is 38.5 Å². The van der Waals surface area contributed by atoms with Crippen molar-refractivity contribution < 1.29 is 0 Å². The number of unbranched alkanes of at least 4 members (excludes halogenated alkanes) is 1. The maximum Gasteiger partial charge on any atom is 0.0905 e. The Morgan fingerprint density at radius 1 is 1.28 bits per heavy atom. The topological polar surface area (TPSA) is 56.4 Å². The Balaban J connectivity index is 1.68. The summed E-state index contributed by atoms with van der Waals surface area (Å²) in [6, 6.07) is 0.840. The molecule has 0 radical (unpaired) electrons. The van der Waals surface area contributed by atoms with E-state index in [1.54, 1.807) is 0 Å². The molecule has 0 aliphatic carbocycles. The van der Waals surface area contributed by atoms with Gasteiger partial charge in [-0.2, -0.15) is 0 Å². The van der Waals surface area contributed by atoms with Crippen LogP contribution >= 0.6 is 0 Å². The van der Waals surface area contributed by atoms with Gasteiger partial charge >= 0.3 is 0 Å². The second-order valence-electron chi connectivity index (χ2n) is 6.02. The van der Waals surface area contributed by atoms with Crippen LogP contribution in [0, 0.1) is 11.3 Å². The first-order valence-electron chi connectivity index (χ1n) is 7.42. The summed E-state index contributed by atoms with van der Waals surface area (Å²) >= 11 is 0. The molecule has 2 saturated heterocycles. The fraction of sp³-hybridized carbons (Fsp3) is 0.929. The summed E-state index contributed by atoms with van der Waals surface area (Å²) < 4.78 is 0. The molecule has 4 heteroatoms. The quantitative estimate of drug-likeness (QED) is 0.443. The number of hydrogen-bond acceptors (Lipinski definition) is 3. The first-order valence-corrected chi connectivity index (χ1v) is 7.42. The molecule has 0 amide bonds. The fourth-order valence-electron chi connectivity index (χ4n) is 3.58. The molecule has 18 heavy (non-hydrogen) atoms. The lowest BCUT2D eigenvalue weighted by Gasteiger charge is -2.46. The average molecular weight is 252 g/mol. The van der Waals surface area contributed by atoms with Crippen LogP contribution in [0.3, 0.4) is 0 Å². The Hall–Kier alpha value is -0.610. The highest BCUT2D eigenvalue weighted by molar-refractivity contribution is 5.76. The number of nitrogens with zero attached hydrogens (tertiary/aromatic N) is 2. The molecular weight excluding hydrogens is 224 g/mol. The Bertz CT molecular complexity index is 279. The number of amidine groups is 1. The van der Waals surface area contributed by atoms with E-state index in [2.05, 4.69) is 16.8 Å². The third-order valence-corrected chi connectivity index (χ3v) is 4.60. The van der Waals surface area contributed by atoms with Crippen molar-refractivity contribution in [2.24, 2.45) is 11.7 Å². The van der Waals surface area contributed by atoms with Crippen LogP contribution in [-0.4, -0.2) is 54.9 Å². The number of fused-ring (bicyclic) bond motifs is 1. The van der Waals surface area contributed by atoms with Gasteiger partial charge in [-0.05, 0) is 64.7 Å². The molecule has 104 valence electrons. The van der Waals surface area contributed by atoms with Gasteiger partial charge in [-0.1, -0.05) is 0 Å². The van der Waals surface area contributed by atoms with Crippen molar-refractivity contribution in [3.63, 3.8) is 0 Å². The van der Waals surface area contributed by atoms with Crippen molar-refractivity contribution in [2.75, 3.05) is 33.2 Å². The van der Waals surface area contributed by atoms with Gasteiger partial charge in [0, 0.05) is 19.0 Å². The Kier molecular flexibility index (Phi) is 5.01. The smallest absolute Gasteiger partial charge is 0.0905 e. The number of hydrogen-bond donors (Lipinski definition) is 2. The zero-order valence-corrected chi connectivity index (χ0v) is 11.7. The number of likely N-dealkylation sites (tertiary alicyclic amines) is 2. The van der Waals surface area contributed by atoms with E-state index in [9.17, 15) is 0 Å². The molecule has 2 unspecified atom stereocenters. The lowest BCUT2D eigenvalue weighted by atomic mass is 9.84. The zero-order valence-electron chi connectivity index (χ0n) is 11.7. The van der Waals surface area contributed by atoms with E-state index in [0.717, 1.165) is 24.8 Å². The second kappa shape index (κ2) is 6.53. The highest BCUT2D eigenvalue weighted by atomic mass is 15.2. The van der Waals surface area contributed by atoms with Crippen molar-refractivity contribution in [1.29, 1.82) is 5.41 Å². The lowest BCUT2D eigenvalue weighted by molar-refractivity contribution is 0.0381. The predicted octanol–water partition coefficient (Wildman–Crippen LogP) is 1.51. The highest BCUT2D eigenvalue weighted by Crippen LogP contribution is 2.29. The third-order valence-electron chi connectivity index (χ3n) is 4.60. The maximum atomic E-state index is 7.22. The molecule has 3 N–H and O–H groups in total. The van der Waals surface area contributed by atoms with Gasteiger partial charge in [-0.3, -0.25) is 5.41 Å². The van der Waals surface area contributed by atoms with Gasteiger partial charge in [0.25, 0.3) is 0 Å². The molecule has 0 saturated carbocycles. The predicted molar refractivity (Wildman–Crippen MR) is 76.0 cm³/mol. The molecular formula is C14H28N4. The summed E-state index contributed by atoms with van der Waals surface area (Å²) in [5.41, 5.74) is 5.38. The van der Waals surface area contributed by atoms with Gasteiger partial charge in [-0.25, -0.2) is 0 Å². The standard InChI is InChI=1S/C14H28N4/c1-17-8-4-5-12-11-18(10-7-13(12)17)9-3-2-6-14(15)16/h12-13H,2-11H2,1H3,(H3,15,16). The third kappa shape index (κ3) is 3.69. The first kappa shape index (κ1) is 13.8. The van der Waals surface area contributed by atoms with E-state index < -0.39 is 0 Å². The summed E-state index contributed by atoms with van der Waals surface area (Å²) in [4.78, 5) is 5.20. The fourth-order valence-corrected chi connectivity index (χ4v) is 3.58. The maximum absolute atomic E-state index is 7.22. The first-order chi connectivity index (χ1) is 8.66. The molecule has 2 heterocycles. The average Bonchev–Trinajstić information content (AvgIpc) is 2.35. The van der Waals surface area contributed by atoms with Crippen LogP contribution in [0.4, 0.5) is 0 Å². The van der Waals surface area contributed by atoms with Crippen molar-refractivity contribution in [3.8, 4) is 0 Å². The number of piperidine rings is 2. The molecule has 0 bridgehead atoms. The largest absolute Gasteiger partial charge is 0.388 e. The second-order valence-corrected chi connectivity index (χ2v) is 6.02. The monoisotopic (exact) mass is 252 g/mol. The molecule has 0 aromatic carbocycles. The van der Waals surface area contributed by atoms with Gasteiger partial charge < -0.3 is 15.5 Å². The van der Waals surface area contributed by atoms with Gasteiger partial charge in [0.1, 0.15) is 0 Å². The molecule has 0 aromatic rings. The highest BCUT2D eigenvalue weighted by Gasteiger charge is 2.33. The van der Waals surface area contributed by atoms with Crippen LogP contribution in [0.5, 0.6) is 0 Å². The van der Waals surface area contributed by atoms with Crippen molar-refractivity contribution >= 4 is 5.84 Å². The summed E-state index contributed by atoms with van der Waals surface area (Å²) in [6.07, 6.45) is 7.15. The van der Waals surface area contributed by atoms with E-state index in [4.69, 9.17) is 11.1 Å². The summed E-state index contributed by atoms with van der Waals surface area (Å²) in [5.74, 6) is 1.23. The minimum atomic E-state index is 0.336. The van der Waals surface area contributed by atoms with E-state index >= 15 is 0 Å². The summed E-state index contributed by atoms with van der Waals surface area (Å²) in [6.45, 7) is 5.03. The summed E-state index contributed by atoms with van der Waals surface area (Å²) in [5, 5.41) is 7.22. The van der Waals surface area contributed by atoms with E-state index in [1.807, 2.05) is 0 Å². The minimum absolute atomic E-state index is 0.336. The van der Waals surface area contributed by atoms with E-state index in [0.29, 0.717) is 5.84 Å². The Morgan fingerprint density at radius 2 is 2.11 bits per heavy atom. The molecule has 4 nitrogen and oxygen atoms in total. The Labute approximate surface area is 111 Å². The van der Waals surface area contributed by atoms with E-state index in [1.165, 1.54) is 51.9 Å². The van der Waals surface area contributed by atoms with Crippen LogP contribution in [0.25, 0.3) is 0 Å². The van der Waals surface area contributed by atoms with Gasteiger partial charge in [-0.15, -0.1) is 0 Å². The zero-order chi connectivity index (χ0) is 13.0. The number of rotatable bonds is 5. The molecule has 2 aliphatic rings. The Morgan fingerprint density at radius 3 is 2.89 bits per heavy atom. The van der Waals surface area contributed by atoms with Crippen LogP contribution in [-0.2, 0) is 0 Å². The molecule has 0 spiro atoms. The normalized spacial score (nSPS) is 30.1. The van der Waals surface area contributed by atoms with Crippen LogP contribution in [0.2, 0.25) is 0 Å². The number of nitrogens with one attached hydrogen (secondary N) is 1. The number of nitrogens with two attached hydrogens (primary N) is 1. The van der Waals surface area contributed by atoms with Crippen LogP contribution in [0.15, 0.2) is 0 Å². The lowest BCUT2D eigenvalue weighted by Crippen LogP contribution is -2.52. The molecule has 2 fully saturated rings. The van der Waals surface area contributed by atoms with E-state index in [-0.39, 0.29) is 0 Å². The molecule has 0 aromatic heterocycles. The van der Waals surface area contributed by atoms with Gasteiger partial charge in [0.05, 0.1) is 5.84 Å².